The summed E-state index contributed by atoms with van der Waals surface area (Å²) in [6.07, 6.45) is 2.66. The number of amides is 2. The molecule has 1 saturated heterocycles. The zero-order chi connectivity index (χ0) is 16.6. The highest BCUT2D eigenvalue weighted by Gasteiger charge is 2.37. The van der Waals surface area contributed by atoms with E-state index in [4.69, 9.17) is 0 Å². The van der Waals surface area contributed by atoms with Crippen molar-refractivity contribution in [3.8, 4) is 0 Å². The van der Waals surface area contributed by atoms with E-state index in [1.807, 2.05) is 6.92 Å². The molecule has 3 rings (SSSR count). The van der Waals surface area contributed by atoms with Crippen molar-refractivity contribution in [2.45, 2.75) is 45.1 Å². The zero-order valence-electron chi connectivity index (χ0n) is 13.1. The summed E-state index contributed by atoms with van der Waals surface area (Å²) in [5, 5.41) is 0. The lowest BCUT2D eigenvalue weighted by atomic mass is 9.99. The predicted molar refractivity (Wildman–Crippen MR) is 82.1 cm³/mol. The fourth-order valence-electron chi connectivity index (χ4n) is 3.57. The number of nitrogens with zero attached hydrogens (tertiary/aromatic N) is 2. The van der Waals surface area contributed by atoms with Crippen molar-refractivity contribution in [2.24, 2.45) is 0 Å². The van der Waals surface area contributed by atoms with Gasteiger partial charge in [0.2, 0.25) is 11.8 Å². The molecule has 6 heteroatoms. The smallest absolute Gasteiger partial charge is 0.249 e. The molecule has 0 radical (unpaired) electrons. The van der Waals surface area contributed by atoms with E-state index < -0.39 is 17.7 Å². The van der Waals surface area contributed by atoms with Crippen LogP contribution in [0.25, 0.3) is 0 Å². The second kappa shape index (κ2) is 6.26. The van der Waals surface area contributed by atoms with E-state index in [0.717, 1.165) is 18.6 Å². The zero-order valence-corrected chi connectivity index (χ0v) is 13.1. The summed E-state index contributed by atoms with van der Waals surface area (Å²) in [5.74, 6) is -1.42. The number of fused-ring (bicyclic) bond motifs is 1. The average molecular weight is 322 g/mol. The van der Waals surface area contributed by atoms with Crippen molar-refractivity contribution >= 4 is 17.5 Å². The number of carbonyl (C=O) groups excluding carboxylic acids is 2. The van der Waals surface area contributed by atoms with E-state index in [1.54, 1.807) is 4.90 Å². The summed E-state index contributed by atoms with van der Waals surface area (Å²) < 4.78 is 28.2. The van der Waals surface area contributed by atoms with Gasteiger partial charge >= 0.3 is 0 Å². The van der Waals surface area contributed by atoms with E-state index in [1.165, 1.54) is 4.90 Å². The topological polar surface area (TPSA) is 40.6 Å². The maximum absolute atomic E-state index is 14.2. The Hall–Kier alpha value is -1.98. The van der Waals surface area contributed by atoms with Gasteiger partial charge in [-0.15, -0.1) is 0 Å². The minimum absolute atomic E-state index is 0.0397. The number of hydrogen-bond acceptors (Lipinski definition) is 2. The lowest BCUT2D eigenvalue weighted by Gasteiger charge is -2.35. The van der Waals surface area contributed by atoms with Crippen molar-refractivity contribution in [1.29, 1.82) is 0 Å². The van der Waals surface area contributed by atoms with Gasteiger partial charge in [0.05, 0.1) is 5.69 Å². The summed E-state index contributed by atoms with van der Waals surface area (Å²) >= 11 is 0. The normalized spacial score (nSPS) is 19.0. The second-order valence-corrected chi connectivity index (χ2v) is 6.06. The van der Waals surface area contributed by atoms with Crippen LogP contribution in [0.1, 0.15) is 38.2 Å². The molecular formula is C17H20F2N2O2. The Bertz CT molecular complexity index is 648. The fourth-order valence-corrected chi connectivity index (χ4v) is 3.57. The van der Waals surface area contributed by atoms with E-state index >= 15 is 0 Å². The van der Waals surface area contributed by atoms with Gasteiger partial charge in [-0.05, 0) is 37.8 Å². The lowest BCUT2D eigenvalue weighted by Crippen LogP contribution is -2.50. The van der Waals surface area contributed by atoms with Crippen LogP contribution in [0.4, 0.5) is 14.5 Å². The first-order valence-corrected chi connectivity index (χ1v) is 8.12. The molecular weight excluding hydrogens is 302 g/mol. The number of rotatable bonds is 3. The average Bonchev–Trinajstić information content (AvgIpc) is 2.97. The monoisotopic (exact) mass is 322 g/mol. The molecule has 1 fully saturated rings. The van der Waals surface area contributed by atoms with E-state index in [0.29, 0.717) is 38.8 Å². The standard InChI is InChI=1S/C17H20F2N2O2/c1-2-14(20-9-4-6-15(20)22)17(23)21-10-3-5-11-12(18)7-8-13(19)16(11)21/h7-8,14H,2-6,9-10H2,1H3. The molecule has 23 heavy (non-hydrogen) atoms. The minimum Gasteiger partial charge on any atom is -0.331 e. The van der Waals surface area contributed by atoms with Crippen LogP contribution in [0.5, 0.6) is 0 Å². The van der Waals surface area contributed by atoms with E-state index in [9.17, 15) is 18.4 Å². The molecule has 1 unspecified atom stereocenters. The van der Waals surface area contributed by atoms with Crippen LogP contribution in [0, 0.1) is 11.6 Å². The molecule has 0 saturated carbocycles. The highest BCUT2D eigenvalue weighted by atomic mass is 19.1. The highest BCUT2D eigenvalue weighted by Crippen LogP contribution is 2.33. The van der Waals surface area contributed by atoms with Crippen LogP contribution in [-0.2, 0) is 16.0 Å². The highest BCUT2D eigenvalue weighted by molar-refractivity contribution is 6.00. The summed E-state index contributed by atoms with van der Waals surface area (Å²) in [6.45, 7) is 2.74. The molecule has 2 aliphatic rings. The van der Waals surface area contributed by atoms with Crippen molar-refractivity contribution in [2.75, 3.05) is 18.0 Å². The third kappa shape index (κ3) is 2.71. The Morgan fingerprint density at radius 1 is 1.17 bits per heavy atom. The van der Waals surface area contributed by atoms with Crippen molar-refractivity contribution in [1.82, 2.24) is 4.90 Å². The Morgan fingerprint density at radius 2 is 1.87 bits per heavy atom. The molecule has 0 aromatic heterocycles. The Morgan fingerprint density at radius 3 is 2.52 bits per heavy atom. The van der Waals surface area contributed by atoms with Crippen LogP contribution < -0.4 is 4.90 Å². The van der Waals surface area contributed by atoms with E-state index in [-0.39, 0.29) is 23.1 Å². The van der Waals surface area contributed by atoms with Crippen molar-refractivity contribution in [3.05, 3.63) is 29.3 Å². The summed E-state index contributed by atoms with van der Waals surface area (Å²) in [6, 6.07) is 1.56. The van der Waals surface area contributed by atoms with Crippen LogP contribution in [0.15, 0.2) is 12.1 Å². The molecule has 124 valence electrons. The summed E-state index contributed by atoms with van der Waals surface area (Å²) in [4.78, 5) is 27.8. The number of likely N-dealkylation sites (tertiary alicyclic amines) is 1. The van der Waals surface area contributed by atoms with Crippen LogP contribution in [0.2, 0.25) is 0 Å². The summed E-state index contributed by atoms with van der Waals surface area (Å²) in [5.41, 5.74) is 0.304. The van der Waals surface area contributed by atoms with Crippen LogP contribution in [-0.4, -0.2) is 35.8 Å². The third-order valence-electron chi connectivity index (χ3n) is 4.68. The van der Waals surface area contributed by atoms with Gasteiger partial charge in [-0.1, -0.05) is 6.92 Å². The molecule has 1 aromatic carbocycles. The first-order valence-electron chi connectivity index (χ1n) is 8.12. The third-order valence-corrected chi connectivity index (χ3v) is 4.68. The molecule has 0 aliphatic carbocycles. The van der Waals surface area contributed by atoms with Crippen LogP contribution >= 0.6 is 0 Å². The Labute approximate surface area is 134 Å². The lowest BCUT2D eigenvalue weighted by molar-refractivity contribution is -0.136. The minimum atomic E-state index is -0.599. The molecule has 2 heterocycles. The maximum atomic E-state index is 14.2. The van der Waals surface area contributed by atoms with Gasteiger partial charge in [0.15, 0.2) is 0 Å². The molecule has 1 aromatic rings. The number of halogens is 2. The number of carbonyl (C=O) groups is 2. The molecule has 0 spiro atoms. The maximum Gasteiger partial charge on any atom is 0.249 e. The van der Waals surface area contributed by atoms with Gasteiger partial charge in [0, 0.05) is 25.1 Å². The quantitative estimate of drug-likeness (QED) is 0.858. The molecule has 0 bridgehead atoms. The van der Waals surface area contributed by atoms with Gasteiger partial charge in [-0.2, -0.15) is 0 Å². The SMILES string of the molecule is CCC(C(=O)N1CCCc2c(F)ccc(F)c21)N1CCCC1=O. The fraction of sp³-hybridized carbons (Fsp3) is 0.529. The summed E-state index contributed by atoms with van der Waals surface area (Å²) in [7, 11) is 0. The van der Waals surface area contributed by atoms with E-state index in [2.05, 4.69) is 0 Å². The van der Waals surface area contributed by atoms with Crippen LogP contribution in [0.3, 0.4) is 0 Å². The largest absolute Gasteiger partial charge is 0.331 e. The predicted octanol–water partition coefficient (Wildman–Crippen LogP) is 2.65. The first kappa shape index (κ1) is 15.9. The number of benzene rings is 1. The molecule has 0 N–H and O–H groups in total. The Balaban J connectivity index is 1.95. The molecule has 2 amide bonds. The molecule has 2 aliphatic heterocycles. The molecule has 1 atom stereocenters. The van der Waals surface area contributed by atoms with Crippen molar-refractivity contribution in [3.63, 3.8) is 0 Å². The van der Waals surface area contributed by atoms with Crippen molar-refractivity contribution < 1.29 is 18.4 Å². The Kier molecular flexibility index (Phi) is 4.33. The molecule has 4 nitrogen and oxygen atoms in total. The van der Waals surface area contributed by atoms with Gasteiger partial charge in [0.1, 0.15) is 17.7 Å². The van der Waals surface area contributed by atoms with Gasteiger partial charge in [-0.3, -0.25) is 9.59 Å². The van der Waals surface area contributed by atoms with Gasteiger partial charge in [0.25, 0.3) is 0 Å². The number of hydrogen-bond donors (Lipinski definition) is 0. The second-order valence-electron chi connectivity index (χ2n) is 6.06. The first-order chi connectivity index (χ1) is 11.0. The van der Waals surface area contributed by atoms with Gasteiger partial charge < -0.3 is 9.80 Å². The van der Waals surface area contributed by atoms with Gasteiger partial charge in [-0.25, -0.2) is 8.78 Å². The number of anilines is 1.